The van der Waals surface area contributed by atoms with E-state index in [1.54, 1.807) is 12.1 Å². The zero-order valence-corrected chi connectivity index (χ0v) is 17.2. The van der Waals surface area contributed by atoms with E-state index in [1.165, 1.54) is 19.2 Å². The van der Waals surface area contributed by atoms with Gasteiger partial charge in [0.2, 0.25) is 12.4 Å². The first-order valence-corrected chi connectivity index (χ1v) is 9.13. The molecule has 0 saturated carbocycles. The fourth-order valence-corrected chi connectivity index (χ4v) is 2.93. The van der Waals surface area contributed by atoms with E-state index in [0.717, 1.165) is 0 Å². The van der Waals surface area contributed by atoms with Crippen molar-refractivity contribution in [3.8, 4) is 11.5 Å². The van der Waals surface area contributed by atoms with E-state index in [-0.39, 0.29) is 5.75 Å². The highest BCUT2D eigenvalue weighted by atomic mass is 16.7. The highest BCUT2D eigenvalue weighted by molar-refractivity contribution is 5.68. The molecule has 11 heteroatoms. The van der Waals surface area contributed by atoms with Crippen LogP contribution in [0.3, 0.4) is 0 Å². The van der Waals surface area contributed by atoms with Gasteiger partial charge in [0.25, 0.3) is 0 Å². The molecule has 1 aromatic carbocycles. The fraction of sp³-hybridized carbons (Fsp3) is 0.524. The molecular weight excluding hydrogens is 428 g/mol. The van der Waals surface area contributed by atoms with Gasteiger partial charge < -0.3 is 33.2 Å². The minimum Gasteiger partial charge on any atom is -0.497 e. The zero-order chi connectivity index (χ0) is 26.7. The maximum absolute atomic E-state index is 12.1. The van der Waals surface area contributed by atoms with Gasteiger partial charge >= 0.3 is 23.9 Å². The van der Waals surface area contributed by atoms with Crippen LogP contribution in [0, 0.1) is 0 Å². The highest BCUT2D eigenvalue weighted by Gasteiger charge is 2.53. The summed E-state index contributed by atoms with van der Waals surface area (Å²) < 4.78 is 66.2. The molecule has 2 rings (SSSR count). The van der Waals surface area contributed by atoms with Gasteiger partial charge in [-0.3, -0.25) is 19.2 Å². The molecule has 1 aromatic rings. The summed E-state index contributed by atoms with van der Waals surface area (Å²) in [6, 6.07) is 6.12. The molecule has 0 N–H and O–H groups in total. The predicted octanol–water partition coefficient (Wildman–Crippen LogP) is 1.16. The van der Waals surface area contributed by atoms with Crippen molar-refractivity contribution >= 4 is 23.9 Å². The molecule has 176 valence electrons. The van der Waals surface area contributed by atoms with Crippen LogP contribution < -0.4 is 9.47 Å². The molecule has 5 atom stereocenters. The third-order valence-electron chi connectivity index (χ3n) is 4.11. The largest absolute Gasteiger partial charge is 0.497 e. The second-order valence-corrected chi connectivity index (χ2v) is 6.38. The topological polar surface area (TPSA) is 133 Å². The second kappa shape index (κ2) is 11.3. The SMILES string of the molecule is [2H]CC(=O)OC[C@H]1OC(Oc2ccc(OC)cc2)[C@@H](OC(=O)C[2H])[C@@H](OC(=O)C[2H])[C@@H]1OC(=O)C[2H]. The number of hydrogen-bond donors (Lipinski definition) is 0. The number of ether oxygens (including phenoxy) is 7. The third kappa shape index (κ3) is 7.12. The lowest BCUT2D eigenvalue weighted by Crippen LogP contribution is -2.63. The van der Waals surface area contributed by atoms with Crippen LogP contribution in [0.5, 0.6) is 11.5 Å². The van der Waals surface area contributed by atoms with E-state index in [2.05, 4.69) is 0 Å². The summed E-state index contributed by atoms with van der Waals surface area (Å²) in [6.45, 7) is -3.76. The molecule has 0 aromatic heterocycles. The Hall–Kier alpha value is -3.34. The smallest absolute Gasteiger partial charge is 0.303 e. The standard InChI is InChI=1S/C21H26O11/c1-11(22)27-10-17-18(28-12(2)23)19(29-13(3)24)20(30-14(4)25)21(32-17)31-16-8-6-15(26-5)7-9-16/h6-9,17-21H,10H2,1-5H3/t17-,18-,19+,20+,21?/m1/s1/i1D,2D,3D,4D. The van der Waals surface area contributed by atoms with Crippen LogP contribution in [0.1, 0.15) is 33.1 Å². The first-order chi connectivity index (χ1) is 17.3. The first kappa shape index (κ1) is 19.4. The summed E-state index contributed by atoms with van der Waals surface area (Å²) in [5.74, 6) is -3.42. The van der Waals surface area contributed by atoms with Crippen LogP contribution in [0.4, 0.5) is 0 Å². The number of hydrogen-bond acceptors (Lipinski definition) is 11. The third-order valence-corrected chi connectivity index (χ3v) is 4.11. The average Bonchev–Trinajstić information content (AvgIpc) is 2.90. The van der Waals surface area contributed by atoms with Gasteiger partial charge in [0.15, 0.2) is 12.2 Å². The van der Waals surface area contributed by atoms with Gasteiger partial charge in [-0.1, -0.05) is 0 Å². The Labute approximate surface area is 190 Å². The summed E-state index contributed by atoms with van der Waals surface area (Å²) in [6.07, 6.45) is -7.65. The molecule has 1 aliphatic rings. The number of rotatable bonds is 8. The Morgan fingerprint density at radius 3 is 1.91 bits per heavy atom. The molecule has 0 aliphatic carbocycles. The predicted molar refractivity (Wildman–Crippen MR) is 106 cm³/mol. The Balaban J connectivity index is 2.48. The van der Waals surface area contributed by atoms with Crippen molar-refractivity contribution in [3.05, 3.63) is 24.3 Å². The van der Waals surface area contributed by atoms with Crippen molar-refractivity contribution in [1.82, 2.24) is 0 Å². The van der Waals surface area contributed by atoms with Gasteiger partial charge in [0.1, 0.15) is 24.2 Å². The summed E-state index contributed by atoms with van der Waals surface area (Å²) in [4.78, 5) is 47.7. The molecule has 1 saturated heterocycles. The minimum atomic E-state index is -1.62. The van der Waals surface area contributed by atoms with Gasteiger partial charge in [-0.05, 0) is 24.3 Å². The molecule has 0 radical (unpaired) electrons. The van der Waals surface area contributed by atoms with Gasteiger partial charge in [-0.25, -0.2) is 0 Å². The number of esters is 4. The zero-order valence-electron chi connectivity index (χ0n) is 21.2. The van der Waals surface area contributed by atoms with E-state index in [1.807, 2.05) is 0 Å². The molecule has 0 amide bonds. The molecule has 0 bridgehead atoms. The first-order valence-electron chi connectivity index (χ1n) is 12.0. The van der Waals surface area contributed by atoms with Crippen molar-refractivity contribution in [2.75, 3.05) is 13.7 Å². The number of benzene rings is 1. The van der Waals surface area contributed by atoms with E-state index in [4.69, 9.17) is 38.6 Å². The maximum Gasteiger partial charge on any atom is 0.303 e. The quantitative estimate of drug-likeness (QED) is 0.410. The van der Waals surface area contributed by atoms with Gasteiger partial charge in [-0.2, -0.15) is 0 Å². The molecule has 1 heterocycles. The van der Waals surface area contributed by atoms with Crippen LogP contribution in [0.2, 0.25) is 0 Å². The van der Waals surface area contributed by atoms with Crippen molar-refractivity contribution in [2.45, 2.75) is 58.3 Å². The van der Waals surface area contributed by atoms with Crippen molar-refractivity contribution in [2.24, 2.45) is 0 Å². The van der Waals surface area contributed by atoms with E-state index >= 15 is 0 Å². The van der Waals surface area contributed by atoms with Crippen LogP contribution in [-0.2, 0) is 42.9 Å². The van der Waals surface area contributed by atoms with E-state index < -0.39 is 88.8 Å². The van der Waals surface area contributed by atoms with Gasteiger partial charge in [-0.15, -0.1) is 0 Å². The van der Waals surface area contributed by atoms with Crippen LogP contribution in [0.15, 0.2) is 24.3 Å². The summed E-state index contributed by atoms with van der Waals surface area (Å²) in [5.41, 5.74) is 0. The van der Waals surface area contributed by atoms with Crippen LogP contribution >= 0.6 is 0 Å². The molecular formula is C21H26O11. The average molecular weight is 458 g/mol. The molecule has 1 fully saturated rings. The van der Waals surface area contributed by atoms with Gasteiger partial charge in [0, 0.05) is 33.1 Å². The summed E-state index contributed by atoms with van der Waals surface area (Å²) in [7, 11) is 1.46. The Morgan fingerprint density at radius 2 is 1.34 bits per heavy atom. The molecule has 32 heavy (non-hydrogen) atoms. The van der Waals surface area contributed by atoms with Crippen LogP contribution in [0.25, 0.3) is 0 Å². The Bertz CT molecular complexity index is 898. The van der Waals surface area contributed by atoms with E-state index in [9.17, 15) is 19.2 Å². The Kier molecular flexibility index (Phi) is 6.85. The summed E-state index contributed by atoms with van der Waals surface area (Å²) >= 11 is 0. The Morgan fingerprint density at radius 1 is 0.812 bits per heavy atom. The second-order valence-electron chi connectivity index (χ2n) is 6.38. The van der Waals surface area contributed by atoms with Crippen molar-refractivity contribution in [3.63, 3.8) is 0 Å². The van der Waals surface area contributed by atoms with Crippen LogP contribution in [-0.4, -0.2) is 68.3 Å². The van der Waals surface area contributed by atoms with E-state index in [0.29, 0.717) is 5.75 Å². The highest BCUT2D eigenvalue weighted by Crippen LogP contribution is 2.31. The lowest BCUT2D eigenvalue weighted by Gasteiger charge is -2.43. The van der Waals surface area contributed by atoms with Crippen molar-refractivity contribution < 1.29 is 57.8 Å². The van der Waals surface area contributed by atoms with Gasteiger partial charge in [0.05, 0.1) is 7.11 Å². The number of carbonyl (C=O) groups is 4. The molecule has 11 nitrogen and oxygen atoms in total. The molecule has 0 spiro atoms. The normalized spacial score (nSPS) is 26.2. The number of carbonyl (C=O) groups excluding carboxylic acids is 4. The summed E-state index contributed by atoms with van der Waals surface area (Å²) in [5, 5.41) is 0. The minimum absolute atomic E-state index is 0.196. The van der Waals surface area contributed by atoms with Crippen molar-refractivity contribution in [1.29, 1.82) is 0 Å². The molecule has 1 aliphatic heterocycles. The number of methoxy groups -OCH3 is 1. The maximum atomic E-state index is 12.1. The lowest BCUT2D eigenvalue weighted by atomic mass is 9.98. The fourth-order valence-electron chi connectivity index (χ4n) is 2.93. The monoisotopic (exact) mass is 458 g/mol. The lowest BCUT2D eigenvalue weighted by molar-refractivity contribution is -0.288. The molecule has 1 unspecified atom stereocenters.